The Morgan fingerprint density at radius 2 is 2.05 bits per heavy atom. The molecule has 0 aliphatic rings. The molecule has 20 heavy (non-hydrogen) atoms. The van der Waals surface area contributed by atoms with Crippen molar-refractivity contribution in [2.45, 2.75) is 33.2 Å². The first-order valence-electron chi connectivity index (χ1n) is 6.82. The largest absolute Gasteiger partial charge is 0.333 e. The maximum absolute atomic E-state index is 6.13. The van der Waals surface area contributed by atoms with Crippen LogP contribution in [0.2, 0.25) is 0 Å². The fraction of sp³-hybridized carbons (Fsp3) is 0.667. The normalized spacial score (nSPS) is 13.1. The maximum atomic E-state index is 6.13. The molecule has 110 valence electrons. The van der Waals surface area contributed by atoms with Crippen molar-refractivity contribution in [3.63, 3.8) is 0 Å². The van der Waals surface area contributed by atoms with Gasteiger partial charge in [0, 0.05) is 6.54 Å². The van der Waals surface area contributed by atoms with Crippen LogP contribution in [0.3, 0.4) is 0 Å². The Morgan fingerprint density at radius 3 is 2.70 bits per heavy atom. The number of rotatable bonds is 7. The summed E-state index contributed by atoms with van der Waals surface area (Å²) in [5.41, 5.74) is 7.01. The second-order valence-corrected chi connectivity index (χ2v) is 5.21. The minimum atomic E-state index is -0.252. The monoisotopic (exact) mass is 296 g/mol. The molecule has 0 bridgehead atoms. The van der Waals surface area contributed by atoms with Crippen LogP contribution < -0.4 is 5.73 Å². The molecule has 0 saturated carbocycles. The molecule has 1 atom stereocenters. The number of hydrogen-bond donors (Lipinski definition) is 1. The average molecular weight is 296 g/mol. The molecule has 2 N–H and O–H groups in total. The Kier molecular flexibility index (Phi) is 5.16. The van der Waals surface area contributed by atoms with Gasteiger partial charge in [0.1, 0.15) is 4.88 Å². The van der Waals surface area contributed by atoms with Crippen molar-refractivity contribution < 1.29 is 4.52 Å². The molecule has 2 aromatic heterocycles. The summed E-state index contributed by atoms with van der Waals surface area (Å²) in [4.78, 5) is 7.45. The first-order valence-corrected chi connectivity index (χ1v) is 7.60. The van der Waals surface area contributed by atoms with E-state index >= 15 is 0 Å². The first kappa shape index (κ1) is 15.0. The van der Waals surface area contributed by atoms with Crippen molar-refractivity contribution in [1.82, 2.24) is 24.6 Å². The smallest absolute Gasteiger partial charge is 0.271 e. The van der Waals surface area contributed by atoms with Gasteiger partial charge in [-0.1, -0.05) is 30.4 Å². The van der Waals surface area contributed by atoms with Crippen LogP contribution >= 0.6 is 11.5 Å². The molecule has 7 nitrogen and oxygen atoms in total. The van der Waals surface area contributed by atoms with Crippen LogP contribution in [-0.2, 0) is 6.42 Å². The quantitative estimate of drug-likeness (QED) is 0.827. The molecule has 2 aromatic rings. The zero-order valence-electron chi connectivity index (χ0n) is 12.0. The van der Waals surface area contributed by atoms with Crippen molar-refractivity contribution >= 4 is 11.5 Å². The number of aryl methyl sites for hydroxylation is 1. The van der Waals surface area contributed by atoms with Gasteiger partial charge in [0.05, 0.1) is 11.7 Å². The Balaban J connectivity index is 2.12. The van der Waals surface area contributed by atoms with Crippen LogP contribution in [0.15, 0.2) is 4.52 Å². The molecule has 0 spiro atoms. The molecule has 0 aliphatic heterocycles. The summed E-state index contributed by atoms with van der Waals surface area (Å²) in [6.07, 6.45) is 0.787. The SMILES string of the molecule is CCc1nnsc1-c1nc(C(N)CN(CC)CC)no1. The zero-order chi connectivity index (χ0) is 14.5. The number of hydrogen-bond acceptors (Lipinski definition) is 8. The highest BCUT2D eigenvalue weighted by Gasteiger charge is 2.20. The standard InChI is InChI=1S/C12H20N6OS/c1-4-9-10(20-17-15-9)12-14-11(16-19-12)8(13)7-18(5-2)6-3/h8H,4-7,13H2,1-3H3. The minimum Gasteiger partial charge on any atom is -0.333 e. The molecule has 0 aliphatic carbocycles. The lowest BCUT2D eigenvalue weighted by atomic mass is 10.2. The molecule has 1 unspecified atom stereocenters. The van der Waals surface area contributed by atoms with E-state index in [1.807, 2.05) is 6.92 Å². The highest BCUT2D eigenvalue weighted by Crippen LogP contribution is 2.25. The van der Waals surface area contributed by atoms with Gasteiger partial charge in [0.2, 0.25) is 0 Å². The predicted molar refractivity (Wildman–Crippen MR) is 77.3 cm³/mol. The molecule has 2 rings (SSSR count). The summed E-state index contributed by atoms with van der Waals surface area (Å²) in [5.74, 6) is 0.990. The van der Waals surface area contributed by atoms with Crippen molar-refractivity contribution in [3.05, 3.63) is 11.5 Å². The predicted octanol–water partition coefficient (Wildman–Crippen LogP) is 1.49. The van der Waals surface area contributed by atoms with Gasteiger partial charge in [-0.3, -0.25) is 0 Å². The van der Waals surface area contributed by atoms with Gasteiger partial charge >= 0.3 is 0 Å². The Labute approximate surface area is 122 Å². The second-order valence-electron chi connectivity index (χ2n) is 4.45. The van der Waals surface area contributed by atoms with Gasteiger partial charge in [0.25, 0.3) is 5.89 Å². The second kappa shape index (κ2) is 6.87. The Bertz CT molecular complexity index is 536. The van der Waals surface area contributed by atoms with E-state index < -0.39 is 0 Å². The fourth-order valence-electron chi connectivity index (χ4n) is 1.92. The van der Waals surface area contributed by atoms with Gasteiger partial charge in [-0.15, -0.1) is 5.10 Å². The van der Waals surface area contributed by atoms with E-state index in [1.165, 1.54) is 11.5 Å². The lowest BCUT2D eigenvalue weighted by Gasteiger charge is -2.20. The van der Waals surface area contributed by atoms with E-state index in [2.05, 4.69) is 38.5 Å². The van der Waals surface area contributed by atoms with Crippen LogP contribution in [0.25, 0.3) is 10.8 Å². The third kappa shape index (κ3) is 3.20. The summed E-state index contributed by atoms with van der Waals surface area (Å²) in [6, 6.07) is -0.252. The van der Waals surface area contributed by atoms with Crippen molar-refractivity contribution in [1.29, 1.82) is 0 Å². The van der Waals surface area contributed by atoms with Crippen LogP contribution in [0.1, 0.15) is 38.3 Å². The summed E-state index contributed by atoms with van der Waals surface area (Å²) in [7, 11) is 0. The van der Waals surface area contributed by atoms with E-state index in [-0.39, 0.29) is 6.04 Å². The van der Waals surface area contributed by atoms with Gasteiger partial charge in [-0.25, -0.2) is 0 Å². The van der Waals surface area contributed by atoms with Crippen molar-refractivity contribution in [2.75, 3.05) is 19.6 Å². The van der Waals surface area contributed by atoms with Gasteiger partial charge in [-0.05, 0) is 31.0 Å². The summed E-state index contributed by atoms with van der Waals surface area (Å²) in [6.45, 7) is 8.85. The van der Waals surface area contributed by atoms with Crippen molar-refractivity contribution in [2.24, 2.45) is 5.73 Å². The van der Waals surface area contributed by atoms with Gasteiger partial charge < -0.3 is 15.2 Å². The highest BCUT2D eigenvalue weighted by molar-refractivity contribution is 7.09. The van der Waals surface area contributed by atoms with Crippen LogP contribution in [-0.4, -0.2) is 44.3 Å². The number of aromatic nitrogens is 4. The lowest BCUT2D eigenvalue weighted by Crippen LogP contribution is -2.32. The van der Waals surface area contributed by atoms with Crippen LogP contribution in [0.5, 0.6) is 0 Å². The topological polar surface area (TPSA) is 94.0 Å². The lowest BCUT2D eigenvalue weighted by molar-refractivity contribution is 0.278. The summed E-state index contributed by atoms with van der Waals surface area (Å²) >= 11 is 1.27. The van der Waals surface area contributed by atoms with E-state index in [0.29, 0.717) is 18.3 Å². The first-order chi connectivity index (χ1) is 9.69. The van der Waals surface area contributed by atoms with Crippen LogP contribution in [0, 0.1) is 0 Å². The van der Waals surface area contributed by atoms with Crippen molar-refractivity contribution in [3.8, 4) is 10.8 Å². The van der Waals surface area contributed by atoms with E-state index in [9.17, 15) is 0 Å². The number of nitrogens with zero attached hydrogens (tertiary/aromatic N) is 5. The van der Waals surface area contributed by atoms with Crippen LogP contribution in [0.4, 0.5) is 0 Å². The molecule has 0 saturated heterocycles. The Hall–Kier alpha value is -1.38. The molecule has 0 radical (unpaired) electrons. The zero-order valence-corrected chi connectivity index (χ0v) is 12.9. The molecule has 0 aromatic carbocycles. The minimum absolute atomic E-state index is 0.252. The average Bonchev–Trinajstić information content (AvgIpc) is 3.11. The molecular formula is C12H20N6OS. The van der Waals surface area contributed by atoms with E-state index in [0.717, 1.165) is 30.1 Å². The molecule has 0 fully saturated rings. The molecular weight excluding hydrogens is 276 g/mol. The third-order valence-corrected chi connectivity index (χ3v) is 3.96. The fourth-order valence-corrected chi connectivity index (χ4v) is 2.59. The Morgan fingerprint density at radius 1 is 1.30 bits per heavy atom. The molecule has 2 heterocycles. The van der Waals surface area contributed by atoms with E-state index in [4.69, 9.17) is 10.3 Å². The highest BCUT2D eigenvalue weighted by atomic mass is 32.1. The van der Waals surface area contributed by atoms with E-state index in [1.54, 1.807) is 0 Å². The maximum Gasteiger partial charge on any atom is 0.271 e. The molecule has 8 heteroatoms. The third-order valence-electron chi connectivity index (χ3n) is 3.21. The number of likely N-dealkylation sites (N-methyl/N-ethyl adjacent to an activating group) is 1. The summed E-state index contributed by atoms with van der Waals surface area (Å²) < 4.78 is 9.22. The van der Waals surface area contributed by atoms with Gasteiger partial charge in [0.15, 0.2) is 5.82 Å². The summed E-state index contributed by atoms with van der Waals surface area (Å²) in [5, 5.41) is 8.02. The van der Waals surface area contributed by atoms with Gasteiger partial charge in [-0.2, -0.15) is 4.98 Å². The number of nitrogens with two attached hydrogens (primary N) is 1. The molecule has 0 amide bonds.